The normalized spacial score (nSPS) is 15.4. The van der Waals surface area contributed by atoms with Crippen LogP contribution in [0.1, 0.15) is 41.9 Å². The van der Waals surface area contributed by atoms with Gasteiger partial charge in [0, 0.05) is 30.7 Å². The Balaban J connectivity index is 1.73. The van der Waals surface area contributed by atoms with Gasteiger partial charge in [-0.3, -0.25) is 14.6 Å². The second-order valence-corrected chi connectivity index (χ2v) is 7.66. The summed E-state index contributed by atoms with van der Waals surface area (Å²) in [6.07, 6.45) is 8.45. The molecule has 8 nitrogen and oxygen atoms in total. The maximum Gasteiger partial charge on any atom is 0.272 e. The van der Waals surface area contributed by atoms with Gasteiger partial charge in [-0.1, -0.05) is 12.8 Å². The smallest absolute Gasteiger partial charge is 0.272 e. The van der Waals surface area contributed by atoms with Crippen LogP contribution in [0, 0.1) is 6.92 Å². The molecule has 29 heavy (non-hydrogen) atoms. The highest BCUT2D eigenvalue weighted by molar-refractivity contribution is 5.98. The van der Waals surface area contributed by atoms with Crippen LogP contribution in [0.25, 0.3) is 16.9 Å². The van der Waals surface area contributed by atoms with Crippen molar-refractivity contribution in [2.75, 3.05) is 0 Å². The van der Waals surface area contributed by atoms with Crippen LogP contribution in [-0.4, -0.2) is 36.7 Å². The number of nitrogens with one attached hydrogen (secondary N) is 1. The van der Waals surface area contributed by atoms with Crippen molar-refractivity contribution in [1.82, 2.24) is 24.6 Å². The minimum absolute atomic E-state index is 0.233. The van der Waals surface area contributed by atoms with Crippen molar-refractivity contribution < 1.29 is 9.59 Å². The molecule has 0 unspecified atom stereocenters. The molecule has 0 radical (unpaired) electrons. The lowest BCUT2D eigenvalue weighted by Crippen LogP contribution is -2.55. The van der Waals surface area contributed by atoms with Gasteiger partial charge < -0.3 is 15.6 Å². The third-order valence-corrected chi connectivity index (χ3v) is 5.49. The van der Waals surface area contributed by atoms with Crippen molar-refractivity contribution in [3.05, 3.63) is 54.2 Å². The van der Waals surface area contributed by atoms with Gasteiger partial charge in [0.1, 0.15) is 5.54 Å². The highest BCUT2D eigenvalue weighted by Gasteiger charge is 2.41. The van der Waals surface area contributed by atoms with E-state index in [9.17, 15) is 9.59 Å². The summed E-state index contributed by atoms with van der Waals surface area (Å²) in [6.45, 7) is 1.91. The van der Waals surface area contributed by atoms with E-state index in [0.29, 0.717) is 12.8 Å². The molecule has 2 amide bonds. The van der Waals surface area contributed by atoms with Crippen LogP contribution in [0.5, 0.6) is 0 Å². The molecule has 150 valence electrons. The molecule has 3 heterocycles. The number of hydrogen-bond acceptors (Lipinski definition) is 4. The molecule has 3 aromatic rings. The van der Waals surface area contributed by atoms with Gasteiger partial charge in [0.15, 0.2) is 5.69 Å². The number of carbonyl (C=O) groups excluding carboxylic acids is 2. The average molecular weight is 392 g/mol. The Labute approximate surface area is 168 Å². The molecule has 3 aromatic heterocycles. The third-order valence-electron chi connectivity index (χ3n) is 5.49. The van der Waals surface area contributed by atoms with E-state index >= 15 is 0 Å². The molecule has 0 bridgehead atoms. The zero-order valence-electron chi connectivity index (χ0n) is 16.6. The van der Waals surface area contributed by atoms with Crippen molar-refractivity contribution in [3.63, 3.8) is 0 Å². The van der Waals surface area contributed by atoms with Crippen molar-refractivity contribution in [3.8, 4) is 16.9 Å². The summed E-state index contributed by atoms with van der Waals surface area (Å²) >= 11 is 0. The van der Waals surface area contributed by atoms with E-state index in [-0.39, 0.29) is 5.69 Å². The molecular weight excluding hydrogens is 368 g/mol. The molecule has 0 aliphatic heterocycles. The monoisotopic (exact) mass is 392 g/mol. The van der Waals surface area contributed by atoms with E-state index < -0.39 is 17.4 Å². The molecule has 0 atom stereocenters. The molecular formula is C21H24N6O2. The maximum absolute atomic E-state index is 13.0. The average Bonchev–Trinajstić information content (AvgIpc) is 3.42. The Kier molecular flexibility index (Phi) is 4.70. The van der Waals surface area contributed by atoms with Crippen LogP contribution < -0.4 is 11.1 Å². The standard InChI is InChI=1S/C21H24N6O2/c1-14-5-6-16(12-23-14)27-18(15-7-10-26(2)13-15)11-17(25-27)19(28)24-21(20(22)29)8-3-4-9-21/h5-7,10-13H,3-4,8-9H2,1-2H3,(H2,22,29)(H,24,28). The fourth-order valence-corrected chi connectivity index (χ4v) is 3.83. The van der Waals surface area contributed by atoms with Gasteiger partial charge >= 0.3 is 0 Å². The molecule has 1 aliphatic carbocycles. The summed E-state index contributed by atoms with van der Waals surface area (Å²) in [5.74, 6) is -0.893. The fraction of sp³-hybridized carbons (Fsp3) is 0.333. The molecule has 8 heteroatoms. The maximum atomic E-state index is 13.0. The zero-order valence-corrected chi connectivity index (χ0v) is 16.6. The van der Waals surface area contributed by atoms with Gasteiger partial charge in [0.05, 0.1) is 17.6 Å². The number of rotatable bonds is 5. The predicted octanol–water partition coefficient (Wildman–Crippen LogP) is 2.11. The summed E-state index contributed by atoms with van der Waals surface area (Å²) in [5.41, 5.74) is 8.18. The molecule has 1 fully saturated rings. The van der Waals surface area contributed by atoms with Crippen molar-refractivity contribution in [1.29, 1.82) is 0 Å². The van der Waals surface area contributed by atoms with E-state index in [2.05, 4.69) is 15.4 Å². The van der Waals surface area contributed by atoms with E-state index in [1.807, 2.05) is 49.1 Å². The molecule has 0 saturated heterocycles. The van der Waals surface area contributed by atoms with Crippen molar-refractivity contribution in [2.24, 2.45) is 12.8 Å². The van der Waals surface area contributed by atoms with Gasteiger partial charge in [-0.05, 0) is 44.0 Å². The predicted molar refractivity (Wildman–Crippen MR) is 108 cm³/mol. The Morgan fingerprint density at radius 1 is 1.21 bits per heavy atom. The number of pyridine rings is 1. The van der Waals surface area contributed by atoms with Crippen molar-refractivity contribution >= 4 is 11.8 Å². The summed E-state index contributed by atoms with van der Waals surface area (Å²) in [7, 11) is 1.93. The SMILES string of the molecule is Cc1ccc(-n2nc(C(=O)NC3(C(N)=O)CCCC3)cc2-c2ccn(C)c2)cn1. The van der Waals surface area contributed by atoms with Crippen LogP contribution in [0.15, 0.2) is 42.9 Å². The fourth-order valence-electron chi connectivity index (χ4n) is 3.83. The topological polar surface area (TPSA) is 108 Å². The molecule has 0 aromatic carbocycles. The Morgan fingerprint density at radius 3 is 2.55 bits per heavy atom. The summed E-state index contributed by atoms with van der Waals surface area (Å²) in [5, 5.41) is 7.39. The first-order valence-electron chi connectivity index (χ1n) is 9.66. The van der Waals surface area contributed by atoms with Crippen LogP contribution >= 0.6 is 0 Å². The van der Waals surface area contributed by atoms with E-state index in [1.165, 1.54) is 0 Å². The number of carbonyl (C=O) groups is 2. The van der Waals surface area contributed by atoms with E-state index in [1.54, 1.807) is 16.9 Å². The lowest BCUT2D eigenvalue weighted by atomic mass is 9.96. The van der Waals surface area contributed by atoms with Gasteiger partial charge in [0.25, 0.3) is 5.91 Å². The number of primary amides is 1. The summed E-state index contributed by atoms with van der Waals surface area (Å²) in [4.78, 5) is 29.3. The number of amides is 2. The van der Waals surface area contributed by atoms with Gasteiger partial charge in [-0.25, -0.2) is 4.68 Å². The first kappa shape index (κ1) is 18.9. The molecule has 1 aliphatic rings. The number of nitrogens with two attached hydrogens (primary N) is 1. The van der Waals surface area contributed by atoms with Crippen LogP contribution in [0.2, 0.25) is 0 Å². The minimum atomic E-state index is -0.987. The van der Waals surface area contributed by atoms with Crippen LogP contribution in [-0.2, 0) is 11.8 Å². The van der Waals surface area contributed by atoms with Crippen molar-refractivity contribution in [2.45, 2.75) is 38.1 Å². The molecule has 3 N–H and O–H groups in total. The second kappa shape index (κ2) is 7.20. The minimum Gasteiger partial charge on any atom is -0.368 e. The first-order valence-corrected chi connectivity index (χ1v) is 9.66. The van der Waals surface area contributed by atoms with E-state index in [0.717, 1.165) is 35.5 Å². The van der Waals surface area contributed by atoms with E-state index in [4.69, 9.17) is 5.73 Å². The second-order valence-electron chi connectivity index (χ2n) is 7.66. The van der Waals surface area contributed by atoms with Crippen LogP contribution in [0.4, 0.5) is 0 Å². The summed E-state index contributed by atoms with van der Waals surface area (Å²) in [6, 6.07) is 7.49. The number of hydrogen-bond donors (Lipinski definition) is 2. The lowest BCUT2D eigenvalue weighted by Gasteiger charge is -2.26. The Hall–Kier alpha value is -3.42. The molecule has 0 spiro atoms. The number of aromatic nitrogens is 4. The number of nitrogens with zero attached hydrogens (tertiary/aromatic N) is 4. The van der Waals surface area contributed by atoms with Gasteiger partial charge in [-0.15, -0.1) is 0 Å². The first-order chi connectivity index (χ1) is 13.9. The third kappa shape index (κ3) is 3.53. The largest absolute Gasteiger partial charge is 0.368 e. The highest BCUT2D eigenvalue weighted by Crippen LogP contribution is 2.30. The van der Waals surface area contributed by atoms with Gasteiger partial charge in [0.2, 0.25) is 5.91 Å². The Morgan fingerprint density at radius 2 is 1.97 bits per heavy atom. The molecule has 1 saturated carbocycles. The molecule has 4 rings (SSSR count). The highest BCUT2D eigenvalue weighted by atomic mass is 16.2. The van der Waals surface area contributed by atoms with Crippen LogP contribution in [0.3, 0.4) is 0 Å². The zero-order chi connectivity index (χ0) is 20.6. The quantitative estimate of drug-likeness (QED) is 0.693. The number of aryl methyl sites for hydroxylation is 2. The summed E-state index contributed by atoms with van der Waals surface area (Å²) < 4.78 is 3.63. The van der Waals surface area contributed by atoms with Gasteiger partial charge in [-0.2, -0.15) is 5.10 Å². The lowest BCUT2D eigenvalue weighted by molar-refractivity contribution is -0.123. The Bertz CT molecular complexity index is 1060.